The van der Waals surface area contributed by atoms with Crippen LogP contribution in [-0.2, 0) is 20.7 Å². The molecule has 0 saturated carbocycles. The lowest BCUT2D eigenvalue weighted by Gasteiger charge is -2.05. The van der Waals surface area contributed by atoms with Gasteiger partial charge in [0.1, 0.15) is 0 Å². The van der Waals surface area contributed by atoms with Crippen LogP contribution in [0.25, 0.3) is 6.08 Å². The highest BCUT2D eigenvalue weighted by atomic mass is 16.5. The Hall–Kier alpha value is -3.21. The van der Waals surface area contributed by atoms with Gasteiger partial charge in [-0.25, -0.2) is 4.79 Å². The summed E-state index contributed by atoms with van der Waals surface area (Å²) in [5.74, 6) is -0.841. The predicted molar refractivity (Wildman–Crippen MR) is 104 cm³/mol. The number of ketones is 1. The third-order valence-electron chi connectivity index (χ3n) is 3.85. The van der Waals surface area contributed by atoms with Crippen molar-refractivity contribution >= 4 is 23.7 Å². The summed E-state index contributed by atoms with van der Waals surface area (Å²) in [6.07, 6.45) is 4.59. The molecule has 0 heterocycles. The van der Waals surface area contributed by atoms with Gasteiger partial charge in [0.05, 0.1) is 0 Å². The van der Waals surface area contributed by atoms with Crippen molar-refractivity contribution in [2.75, 3.05) is 13.2 Å². The highest BCUT2D eigenvalue weighted by Gasteiger charge is 2.08. The Bertz CT molecular complexity index is 795. The van der Waals surface area contributed by atoms with Gasteiger partial charge < -0.3 is 10.1 Å². The van der Waals surface area contributed by atoms with E-state index in [4.69, 9.17) is 4.74 Å². The molecule has 1 N–H and O–H groups in total. The van der Waals surface area contributed by atoms with Crippen LogP contribution in [0.15, 0.2) is 60.7 Å². The highest BCUT2D eigenvalue weighted by Crippen LogP contribution is 2.08. The Balaban J connectivity index is 1.76. The Morgan fingerprint density at radius 2 is 1.70 bits per heavy atom. The van der Waals surface area contributed by atoms with Crippen molar-refractivity contribution in [2.24, 2.45) is 0 Å². The SMILES string of the molecule is CC(=O)NCCCc1ccc(C(=O)COC(=O)/C=C/c2ccccc2)cc1. The van der Waals surface area contributed by atoms with E-state index in [1.807, 2.05) is 42.5 Å². The number of benzene rings is 2. The molecule has 0 spiro atoms. The summed E-state index contributed by atoms with van der Waals surface area (Å²) in [5, 5.41) is 2.75. The van der Waals surface area contributed by atoms with E-state index in [1.165, 1.54) is 13.0 Å². The first-order valence-corrected chi connectivity index (χ1v) is 8.81. The molecule has 0 unspecified atom stereocenters. The number of carbonyl (C=O) groups excluding carboxylic acids is 3. The van der Waals surface area contributed by atoms with Gasteiger partial charge in [0.2, 0.25) is 5.91 Å². The normalized spacial score (nSPS) is 10.6. The molecule has 2 aromatic carbocycles. The number of hydrogen-bond donors (Lipinski definition) is 1. The number of carbonyl (C=O) groups is 3. The molecule has 0 aromatic heterocycles. The molecule has 0 atom stereocenters. The van der Waals surface area contributed by atoms with Crippen LogP contribution in [0.4, 0.5) is 0 Å². The molecule has 0 aliphatic heterocycles. The Morgan fingerprint density at radius 3 is 2.37 bits per heavy atom. The van der Waals surface area contributed by atoms with Crippen molar-refractivity contribution in [3.05, 3.63) is 77.4 Å². The molecule has 5 nitrogen and oxygen atoms in total. The van der Waals surface area contributed by atoms with Gasteiger partial charge in [-0.2, -0.15) is 0 Å². The van der Waals surface area contributed by atoms with Crippen LogP contribution >= 0.6 is 0 Å². The first kappa shape index (κ1) is 20.1. The number of nitrogens with one attached hydrogen (secondary N) is 1. The van der Waals surface area contributed by atoms with Gasteiger partial charge in [-0.1, -0.05) is 54.6 Å². The van der Waals surface area contributed by atoms with Crippen molar-refractivity contribution in [3.63, 3.8) is 0 Å². The molecule has 0 bridgehead atoms. The highest BCUT2D eigenvalue weighted by molar-refractivity contribution is 5.98. The Labute approximate surface area is 159 Å². The van der Waals surface area contributed by atoms with Gasteiger partial charge in [-0.05, 0) is 30.0 Å². The number of ether oxygens (including phenoxy) is 1. The second-order valence-corrected chi connectivity index (χ2v) is 6.06. The molecule has 0 aliphatic rings. The summed E-state index contributed by atoms with van der Waals surface area (Å²) in [6, 6.07) is 16.6. The Kier molecular flexibility index (Phi) is 7.97. The molecule has 0 saturated heterocycles. The van der Waals surface area contributed by atoms with Crippen molar-refractivity contribution in [1.29, 1.82) is 0 Å². The third kappa shape index (κ3) is 7.69. The predicted octanol–water partition coefficient (Wildman–Crippen LogP) is 3.19. The topological polar surface area (TPSA) is 72.5 Å². The number of amides is 1. The average molecular weight is 365 g/mol. The fourth-order valence-electron chi connectivity index (χ4n) is 2.41. The number of hydrogen-bond acceptors (Lipinski definition) is 4. The molecule has 27 heavy (non-hydrogen) atoms. The van der Waals surface area contributed by atoms with E-state index < -0.39 is 5.97 Å². The minimum Gasteiger partial charge on any atom is -0.454 e. The van der Waals surface area contributed by atoms with E-state index >= 15 is 0 Å². The third-order valence-corrected chi connectivity index (χ3v) is 3.85. The van der Waals surface area contributed by atoms with Crippen LogP contribution in [-0.4, -0.2) is 30.8 Å². The molecule has 1 amide bonds. The Morgan fingerprint density at radius 1 is 1.00 bits per heavy atom. The fraction of sp³-hybridized carbons (Fsp3) is 0.227. The molecule has 2 rings (SSSR count). The molecular weight excluding hydrogens is 342 g/mol. The van der Waals surface area contributed by atoms with Crippen LogP contribution in [0, 0.1) is 0 Å². The maximum atomic E-state index is 12.1. The van der Waals surface area contributed by atoms with E-state index in [0.29, 0.717) is 12.1 Å². The number of Topliss-reactive ketones (excluding diaryl/α,β-unsaturated/α-hetero) is 1. The maximum Gasteiger partial charge on any atom is 0.331 e. The summed E-state index contributed by atoms with van der Waals surface area (Å²) in [4.78, 5) is 34.6. The van der Waals surface area contributed by atoms with Crippen LogP contribution in [0.1, 0.15) is 34.8 Å². The molecular formula is C22H23NO4. The number of rotatable bonds is 9. The molecule has 5 heteroatoms. The van der Waals surface area contributed by atoms with Crippen LogP contribution in [0.3, 0.4) is 0 Å². The lowest BCUT2D eigenvalue weighted by atomic mass is 10.1. The van der Waals surface area contributed by atoms with Crippen LogP contribution in [0.5, 0.6) is 0 Å². The standard InChI is InChI=1S/C22H23NO4/c1-17(24)23-15-5-8-19-9-12-20(13-10-19)21(25)16-27-22(26)14-11-18-6-3-2-4-7-18/h2-4,6-7,9-14H,5,8,15-16H2,1H3,(H,23,24)/b14-11+. The number of esters is 1. The lowest BCUT2D eigenvalue weighted by molar-refractivity contribution is -0.136. The fourth-order valence-corrected chi connectivity index (χ4v) is 2.41. The summed E-state index contributed by atoms with van der Waals surface area (Å²) < 4.78 is 5.00. The van der Waals surface area contributed by atoms with Gasteiger partial charge in [0.15, 0.2) is 12.4 Å². The van der Waals surface area contributed by atoms with E-state index in [1.54, 1.807) is 18.2 Å². The van der Waals surface area contributed by atoms with E-state index in [2.05, 4.69) is 5.32 Å². The zero-order valence-electron chi connectivity index (χ0n) is 15.3. The quantitative estimate of drug-likeness (QED) is 0.321. The molecule has 0 fully saturated rings. The van der Waals surface area contributed by atoms with E-state index in [0.717, 1.165) is 24.0 Å². The first-order chi connectivity index (χ1) is 13.0. The van der Waals surface area contributed by atoms with Gasteiger partial charge in [0.25, 0.3) is 0 Å². The van der Waals surface area contributed by atoms with Crippen LogP contribution < -0.4 is 5.32 Å². The zero-order chi connectivity index (χ0) is 19.5. The first-order valence-electron chi connectivity index (χ1n) is 8.81. The largest absolute Gasteiger partial charge is 0.454 e. The molecule has 0 aliphatic carbocycles. The zero-order valence-corrected chi connectivity index (χ0v) is 15.3. The summed E-state index contributed by atoms with van der Waals surface area (Å²) in [7, 11) is 0. The molecule has 0 radical (unpaired) electrons. The second-order valence-electron chi connectivity index (χ2n) is 6.06. The van der Waals surface area contributed by atoms with Gasteiger partial charge in [-0.3, -0.25) is 9.59 Å². The van der Waals surface area contributed by atoms with Gasteiger partial charge in [0, 0.05) is 25.1 Å². The van der Waals surface area contributed by atoms with Gasteiger partial charge >= 0.3 is 5.97 Å². The lowest BCUT2D eigenvalue weighted by Crippen LogP contribution is -2.21. The van der Waals surface area contributed by atoms with Crippen LogP contribution in [0.2, 0.25) is 0 Å². The van der Waals surface area contributed by atoms with Crippen molar-refractivity contribution in [1.82, 2.24) is 5.32 Å². The summed E-state index contributed by atoms with van der Waals surface area (Å²) in [5.41, 5.74) is 2.47. The second kappa shape index (κ2) is 10.7. The average Bonchev–Trinajstić information content (AvgIpc) is 2.69. The minimum atomic E-state index is -0.554. The monoisotopic (exact) mass is 365 g/mol. The molecule has 140 valence electrons. The number of aryl methyl sites for hydroxylation is 1. The summed E-state index contributed by atoms with van der Waals surface area (Å²) >= 11 is 0. The molecule has 2 aromatic rings. The van der Waals surface area contributed by atoms with E-state index in [-0.39, 0.29) is 18.3 Å². The van der Waals surface area contributed by atoms with Crippen molar-refractivity contribution in [3.8, 4) is 0 Å². The minimum absolute atomic E-state index is 0.0379. The van der Waals surface area contributed by atoms with Crippen molar-refractivity contribution in [2.45, 2.75) is 19.8 Å². The van der Waals surface area contributed by atoms with E-state index in [9.17, 15) is 14.4 Å². The van der Waals surface area contributed by atoms with Crippen molar-refractivity contribution < 1.29 is 19.1 Å². The summed E-state index contributed by atoms with van der Waals surface area (Å²) in [6.45, 7) is 1.83. The maximum absolute atomic E-state index is 12.1. The smallest absolute Gasteiger partial charge is 0.331 e. The van der Waals surface area contributed by atoms with Gasteiger partial charge in [-0.15, -0.1) is 0 Å².